The summed E-state index contributed by atoms with van der Waals surface area (Å²) in [4.78, 5) is 2.55. The summed E-state index contributed by atoms with van der Waals surface area (Å²) in [7, 11) is -3.56. The standard InChI is InChI=1S/C17H25ClN2O4S/c18-15-1-3-17(4-2-15)25(21,22)20(16-5-11-23-12-6-16)8-7-19-9-13-24-14-10-19/h1-4,16H,5-14H2. The molecule has 0 saturated carbocycles. The van der Waals surface area contributed by atoms with Gasteiger partial charge in [-0.05, 0) is 37.1 Å². The van der Waals surface area contributed by atoms with Gasteiger partial charge < -0.3 is 9.47 Å². The molecular weight excluding hydrogens is 364 g/mol. The van der Waals surface area contributed by atoms with Crippen molar-refractivity contribution >= 4 is 21.6 Å². The Morgan fingerprint density at radius 2 is 1.64 bits per heavy atom. The smallest absolute Gasteiger partial charge is 0.243 e. The molecule has 1 aromatic rings. The first-order valence-corrected chi connectivity index (χ1v) is 10.5. The predicted molar refractivity (Wildman–Crippen MR) is 96.4 cm³/mol. The van der Waals surface area contributed by atoms with Crippen LogP contribution < -0.4 is 0 Å². The summed E-state index contributed by atoms with van der Waals surface area (Å²) < 4.78 is 38.9. The van der Waals surface area contributed by atoms with Gasteiger partial charge in [-0.25, -0.2) is 8.42 Å². The number of hydrogen-bond acceptors (Lipinski definition) is 5. The van der Waals surface area contributed by atoms with E-state index in [1.54, 1.807) is 28.6 Å². The molecule has 6 nitrogen and oxygen atoms in total. The zero-order chi connectivity index (χ0) is 17.7. The van der Waals surface area contributed by atoms with E-state index in [9.17, 15) is 8.42 Å². The lowest BCUT2D eigenvalue weighted by Gasteiger charge is -2.35. The highest BCUT2D eigenvalue weighted by atomic mass is 35.5. The van der Waals surface area contributed by atoms with Crippen molar-refractivity contribution in [3.63, 3.8) is 0 Å². The number of hydrogen-bond donors (Lipinski definition) is 0. The number of ether oxygens (including phenoxy) is 2. The van der Waals surface area contributed by atoms with Crippen molar-refractivity contribution in [2.45, 2.75) is 23.8 Å². The summed E-state index contributed by atoms with van der Waals surface area (Å²) in [6.07, 6.45) is 1.46. The van der Waals surface area contributed by atoms with Crippen LogP contribution in [0.25, 0.3) is 0 Å². The molecule has 0 aliphatic carbocycles. The summed E-state index contributed by atoms with van der Waals surface area (Å²) in [6.45, 7) is 5.53. The van der Waals surface area contributed by atoms with Crippen LogP contribution in [-0.4, -0.2) is 76.3 Å². The molecule has 0 amide bonds. The third-order valence-corrected chi connectivity index (χ3v) is 6.98. The molecule has 3 rings (SSSR count). The molecule has 0 N–H and O–H groups in total. The maximum atomic E-state index is 13.2. The average Bonchev–Trinajstić information content (AvgIpc) is 2.64. The molecule has 0 unspecified atom stereocenters. The van der Waals surface area contributed by atoms with E-state index in [0.717, 1.165) is 25.9 Å². The van der Waals surface area contributed by atoms with Gasteiger partial charge in [-0.15, -0.1) is 0 Å². The van der Waals surface area contributed by atoms with E-state index in [1.165, 1.54) is 0 Å². The second kappa shape index (κ2) is 8.79. The molecular formula is C17H25ClN2O4S. The van der Waals surface area contributed by atoms with Gasteiger partial charge in [-0.1, -0.05) is 11.6 Å². The van der Waals surface area contributed by atoms with Crippen molar-refractivity contribution in [3.8, 4) is 0 Å². The minimum Gasteiger partial charge on any atom is -0.381 e. The number of morpholine rings is 1. The second-order valence-electron chi connectivity index (χ2n) is 6.37. The molecule has 140 valence electrons. The van der Waals surface area contributed by atoms with Gasteiger partial charge in [0.15, 0.2) is 0 Å². The third-order valence-electron chi connectivity index (χ3n) is 4.76. The normalized spacial score (nSPS) is 20.9. The molecule has 2 fully saturated rings. The Morgan fingerprint density at radius 3 is 2.28 bits per heavy atom. The van der Waals surface area contributed by atoms with Crippen LogP contribution >= 0.6 is 11.6 Å². The fraction of sp³-hybridized carbons (Fsp3) is 0.647. The van der Waals surface area contributed by atoms with Gasteiger partial charge in [-0.2, -0.15) is 4.31 Å². The van der Waals surface area contributed by atoms with Crippen LogP contribution in [0.3, 0.4) is 0 Å². The Balaban J connectivity index is 1.77. The summed E-state index contributed by atoms with van der Waals surface area (Å²) >= 11 is 5.91. The SMILES string of the molecule is O=S(=O)(c1ccc(Cl)cc1)N(CCN1CCOCC1)C1CCOCC1. The van der Waals surface area contributed by atoms with Crippen LogP contribution in [0.2, 0.25) is 5.02 Å². The number of rotatable bonds is 6. The molecule has 1 aromatic carbocycles. The molecule has 0 aromatic heterocycles. The van der Waals surface area contributed by atoms with E-state index < -0.39 is 10.0 Å². The molecule has 0 bridgehead atoms. The van der Waals surface area contributed by atoms with Crippen LogP contribution in [0.5, 0.6) is 0 Å². The van der Waals surface area contributed by atoms with Crippen LogP contribution in [0.15, 0.2) is 29.2 Å². The van der Waals surface area contributed by atoms with Gasteiger partial charge in [0, 0.05) is 50.5 Å². The van der Waals surface area contributed by atoms with E-state index >= 15 is 0 Å². The first-order valence-electron chi connectivity index (χ1n) is 8.72. The van der Waals surface area contributed by atoms with E-state index in [-0.39, 0.29) is 6.04 Å². The quantitative estimate of drug-likeness (QED) is 0.744. The molecule has 2 aliphatic heterocycles. The Kier molecular flexibility index (Phi) is 6.71. The Labute approximate surface area is 154 Å². The Hall–Kier alpha value is -0.700. The zero-order valence-electron chi connectivity index (χ0n) is 14.3. The van der Waals surface area contributed by atoms with Gasteiger partial charge in [-0.3, -0.25) is 4.90 Å². The van der Waals surface area contributed by atoms with E-state index in [1.807, 2.05) is 0 Å². The number of sulfonamides is 1. The van der Waals surface area contributed by atoms with Gasteiger partial charge in [0.1, 0.15) is 0 Å². The summed E-state index contributed by atoms with van der Waals surface area (Å²) in [6, 6.07) is 6.39. The van der Waals surface area contributed by atoms with Crippen molar-refractivity contribution in [1.82, 2.24) is 9.21 Å². The average molecular weight is 389 g/mol. The first kappa shape index (κ1) is 19.1. The van der Waals surface area contributed by atoms with Gasteiger partial charge in [0.05, 0.1) is 18.1 Å². The lowest BCUT2D eigenvalue weighted by atomic mass is 10.1. The lowest BCUT2D eigenvalue weighted by molar-refractivity contribution is 0.0291. The number of nitrogens with zero attached hydrogens (tertiary/aromatic N) is 2. The number of halogens is 1. The second-order valence-corrected chi connectivity index (χ2v) is 8.69. The maximum absolute atomic E-state index is 13.2. The molecule has 0 atom stereocenters. The monoisotopic (exact) mass is 388 g/mol. The lowest BCUT2D eigenvalue weighted by Crippen LogP contribution is -2.48. The molecule has 0 spiro atoms. The topological polar surface area (TPSA) is 59.1 Å². The van der Waals surface area contributed by atoms with E-state index in [2.05, 4.69) is 4.90 Å². The van der Waals surface area contributed by atoms with E-state index in [4.69, 9.17) is 21.1 Å². The highest BCUT2D eigenvalue weighted by Crippen LogP contribution is 2.24. The van der Waals surface area contributed by atoms with Crippen molar-refractivity contribution in [2.24, 2.45) is 0 Å². The van der Waals surface area contributed by atoms with Gasteiger partial charge in [0.25, 0.3) is 0 Å². The van der Waals surface area contributed by atoms with Crippen molar-refractivity contribution in [2.75, 3.05) is 52.6 Å². The third kappa shape index (κ3) is 4.93. The first-order chi connectivity index (χ1) is 12.1. The van der Waals surface area contributed by atoms with E-state index in [0.29, 0.717) is 49.4 Å². The molecule has 2 heterocycles. The molecule has 2 aliphatic rings. The maximum Gasteiger partial charge on any atom is 0.243 e. The fourth-order valence-corrected chi connectivity index (χ4v) is 5.08. The van der Waals surface area contributed by atoms with Crippen LogP contribution in [0, 0.1) is 0 Å². The van der Waals surface area contributed by atoms with Crippen molar-refractivity contribution in [1.29, 1.82) is 0 Å². The van der Waals surface area contributed by atoms with Gasteiger partial charge >= 0.3 is 0 Å². The summed E-state index contributed by atoms with van der Waals surface area (Å²) in [5.74, 6) is 0. The highest BCUT2D eigenvalue weighted by molar-refractivity contribution is 7.89. The van der Waals surface area contributed by atoms with Gasteiger partial charge in [0.2, 0.25) is 10.0 Å². The zero-order valence-corrected chi connectivity index (χ0v) is 15.8. The van der Waals surface area contributed by atoms with Crippen LogP contribution in [0.4, 0.5) is 0 Å². The molecule has 0 radical (unpaired) electrons. The Morgan fingerprint density at radius 1 is 1.04 bits per heavy atom. The number of benzene rings is 1. The Bertz CT molecular complexity index is 641. The largest absolute Gasteiger partial charge is 0.381 e. The summed E-state index contributed by atoms with van der Waals surface area (Å²) in [5.41, 5.74) is 0. The van der Waals surface area contributed by atoms with Crippen LogP contribution in [-0.2, 0) is 19.5 Å². The fourth-order valence-electron chi connectivity index (χ4n) is 3.28. The predicted octanol–water partition coefficient (Wildman–Crippen LogP) is 1.84. The summed E-state index contributed by atoms with van der Waals surface area (Å²) in [5, 5.41) is 0.532. The van der Waals surface area contributed by atoms with Crippen molar-refractivity contribution in [3.05, 3.63) is 29.3 Å². The molecule has 2 saturated heterocycles. The van der Waals surface area contributed by atoms with Crippen LogP contribution in [0.1, 0.15) is 12.8 Å². The highest BCUT2D eigenvalue weighted by Gasteiger charge is 2.32. The minimum atomic E-state index is -3.56. The molecule has 8 heteroatoms. The molecule has 25 heavy (non-hydrogen) atoms. The minimum absolute atomic E-state index is 0.0181. The van der Waals surface area contributed by atoms with Crippen molar-refractivity contribution < 1.29 is 17.9 Å².